The van der Waals surface area contributed by atoms with E-state index >= 15 is 0 Å². The van der Waals surface area contributed by atoms with Gasteiger partial charge in [0.2, 0.25) is 0 Å². The van der Waals surface area contributed by atoms with Gasteiger partial charge in [-0.1, -0.05) is 20.8 Å². The second-order valence-electron chi connectivity index (χ2n) is 5.88. The minimum absolute atomic E-state index is 0.247. The minimum Gasteiger partial charge on any atom is -0.385 e. The van der Waals surface area contributed by atoms with Gasteiger partial charge in [-0.05, 0) is 25.3 Å². The van der Waals surface area contributed by atoms with Gasteiger partial charge in [-0.15, -0.1) is 0 Å². The maximum absolute atomic E-state index is 5.21. The Bertz CT molecular complexity index is 210. The lowest BCUT2D eigenvalue weighted by Gasteiger charge is -2.37. The molecular weight excluding hydrogens is 240 g/mol. The van der Waals surface area contributed by atoms with Crippen molar-refractivity contribution in [2.24, 2.45) is 5.41 Å². The maximum atomic E-state index is 5.21. The second-order valence-corrected chi connectivity index (χ2v) is 5.88. The van der Waals surface area contributed by atoms with E-state index in [4.69, 9.17) is 9.47 Å². The van der Waals surface area contributed by atoms with Gasteiger partial charge in [0.1, 0.15) is 0 Å². The highest BCUT2D eigenvalue weighted by molar-refractivity contribution is 4.83. The van der Waals surface area contributed by atoms with Crippen molar-refractivity contribution in [3.8, 4) is 0 Å². The molecule has 0 saturated heterocycles. The average Bonchev–Trinajstić information content (AvgIpc) is 2.36. The Kier molecular flexibility index (Phi) is 10.5. The largest absolute Gasteiger partial charge is 0.385 e. The van der Waals surface area contributed by atoms with Gasteiger partial charge in [0.05, 0.1) is 6.61 Å². The number of ether oxygens (including phenoxy) is 2. The van der Waals surface area contributed by atoms with Gasteiger partial charge in [-0.25, -0.2) is 0 Å². The average molecular weight is 274 g/mol. The molecule has 0 aromatic carbocycles. The normalized spacial score (nSPS) is 14.1. The molecule has 0 heterocycles. The van der Waals surface area contributed by atoms with Crippen molar-refractivity contribution in [2.75, 3.05) is 53.6 Å². The highest BCUT2D eigenvalue weighted by Crippen LogP contribution is 2.22. The SMILES string of the molecule is CCNC(C)C(C)(C)CN(CCCOC)CCOC. The molecule has 0 radical (unpaired) electrons. The van der Waals surface area contributed by atoms with Crippen LogP contribution in [0.5, 0.6) is 0 Å². The first-order chi connectivity index (χ1) is 8.97. The summed E-state index contributed by atoms with van der Waals surface area (Å²) in [5.74, 6) is 0. The van der Waals surface area contributed by atoms with Crippen LogP contribution in [-0.4, -0.2) is 64.6 Å². The zero-order chi connectivity index (χ0) is 14.7. The predicted octanol–water partition coefficient (Wildman–Crippen LogP) is 2.00. The van der Waals surface area contributed by atoms with Crippen LogP contribution in [0.25, 0.3) is 0 Å². The molecule has 0 aliphatic carbocycles. The molecule has 4 nitrogen and oxygen atoms in total. The second kappa shape index (κ2) is 10.6. The third-order valence-corrected chi connectivity index (χ3v) is 3.75. The summed E-state index contributed by atoms with van der Waals surface area (Å²) >= 11 is 0. The lowest BCUT2D eigenvalue weighted by atomic mass is 9.84. The van der Waals surface area contributed by atoms with Crippen molar-refractivity contribution in [1.82, 2.24) is 10.2 Å². The number of rotatable bonds is 12. The van der Waals surface area contributed by atoms with Crippen LogP contribution in [0.1, 0.15) is 34.1 Å². The fraction of sp³-hybridized carbons (Fsp3) is 1.00. The topological polar surface area (TPSA) is 33.7 Å². The molecule has 19 heavy (non-hydrogen) atoms. The van der Waals surface area contributed by atoms with E-state index in [0.29, 0.717) is 6.04 Å². The van der Waals surface area contributed by atoms with E-state index in [1.54, 1.807) is 14.2 Å². The van der Waals surface area contributed by atoms with E-state index in [1.807, 2.05) is 0 Å². The number of nitrogens with one attached hydrogen (secondary N) is 1. The molecule has 0 amide bonds. The van der Waals surface area contributed by atoms with Gasteiger partial charge in [0.25, 0.3) is 0 Å². The molecule has 4 heteroatoms. The molecule has 0 rings (SSSR count). The smallest absolute Gasteiger partial charge is 0.0589 e. The third-order valence-electron chi connectivity index (χ3n) is 3.75. The van der Waals surface area contributed by atoms with Crippen molar-refractivity contribution in [3.05, 3.63) is 0 Å². The Morgan fingerprint density at radius 3 is 2.26 bits per heavy atom. The zero-order valence-electron chi connectivity index (χ0n) is 13.8. The molecule has 0 aliphatic rings. The molecule has 0 fully saturated rings. The quantitative estimate of drug-likeness (QED) is 0.552. The van der Waals surface area contributed by atoms with Crippen molar-refractivity contribution >= 4 is 0 Å². The van der Waals surface area contributed by atoms with Gasteiger partial charge in [0.15, 0.2) is 0 Å². The molecule has 0 aromatic rings. The summed E-state index contributed by atoms with van der Waals surface area (Å²) < 4.78 is 10.4. The van der Waals surface area contributed by atoms with Gasteiger partial charge < -0.3 is 19.7 Å². The van der Waals surface area contributed by atoms with Crippen LogP contribution < -0.4 is 5.32 Å². The van der Waals surface area contributed by atoms with Gasteiger partial charge in [-0.2, -0.15) is 0 Å². The fourth-order valence-corrected chi connectivity index (χ4v) is 2.22. The molecule has 1 N–H and O–H groups in total. The van der Waals surface area contributed by atoms with E-state index in [-0.39, 0.29) is 5.41 Å². The monoisotopic (exact) mass is 274 g/mol. The van der Waals surface area contributed by atoms with Crippen LogP contribution in [0.2, 0.25) is 0 Å². The summed E-state index contributed by atoms with van der Waals surface area (Å²) in [5, 5.41) is 3.53. The van der Waals surface area contributed by atoms with Crippen molar-refractivity contribution < 1.29 is 9.47 Å². The zero-order valence-corrected chi connectivity index (χ0v) is 13.8. The van der Waals surface area contributed by atoms with E-state index in [1.165, 1.54) is 0 Å². The molecule has 0 aliphatic heterocycles. The molecule has 1 atom stereocenters. The van der Waals surface area contributed by atoms with Crippen LogP contribution >= 0.6 is 0 Å². The predicted molar refractivity (Wildman–Crippen MR) is 81.7 cm³/mol. The number of hydrogen-bond donors (Lipinski definition) is 1. The Balaban J connectivity index is 4.32. The third kappa shape index (κ3) is 8.58. The Morgan fingerprint density at radius 1 is 1.11 bits per heavy atom. The maximum Gasteiger partial charge on any atom is 0.0589 e. The Morgan fingerprint density at radius 2 is 1.74 bits per heavy atom. The van der Waals surface area contributed by atoms with Gasteiger partial charge >= 0.3 is 0 Å². The molecule has 116 valence electrons. The summed E-state index contributed by atoms with van der Waals surface area (Å²) in [6.07, 6.45) is 1.08. The van der Waals surface area contributed by atoms with Gasteiger partial charge in [0, 0.05) is 46.5 Å². The van der Waals surface area contributed by atoms with Crippen LogP contribution in [-0.2, 0) is 9.47 Å². The summed E-state index contributed by atoms with van der Waals surface area (Å²) in [6, 6.07) is 0.505. The molecule has 0 aromatic heterocycles. The summed E-state index contributed by atoms with van der Waals surface area (Å²) in [7, 11) is 3.52. The van der Waals surface area contributed by atoms with Crippen LogP contribution in [0.15, 0.2) is 0 Å². The molecule has 0 bridgehead atoms. The summed E-state index contributed by atoms with van der Waals surface area (Å²) in [4.78, 5) is 2.48. The lowest BCUT2D eigenvalue weighted by Crippen LogP contribution is -2.47. The lowest BCUT2D eigenvalue weighted by molar-refractivity contribution is 0.0934. The molecule has 0 saturated carbocycles. The summed E-state index contributed by atoms with van der Waals surface area (Å²) in [5.41, 5.74) is 0.247. The van der Waals surface area contributed by atoms with E-state index in [0.717, 1.165) is 45.8 Å². The van der Waals surface area contributed by atoms with Crippen LogP contribution in [0.4, 0.5) is 0 Å². The first kappa shape index (κ1) is 18.8. The van der Waals surface area contributed by atoms with Crippen molar-refractivity contribution in [3.63, 3.8) is 0 Å². The first-order valence-electron chi connectivity index (χ1n) is 7.41. The molecular formula is C15H34N2O2. The van der Waals surface area contributed by atoms with E-state index in [9.17, 15) is 0 Å². The Labute approximate surface area is 119 Å². The van der Waals surface area contributed by atoms with Crippen molar-refractivity contribution in [1.29, 1.82) is 0 Å². The number of methoxy groups -OCH3 is 2. The molecule has 1 unspecified atom stereocenters. The highest BCUT2D eigenvalue weighted by Gasteiger charge is 2.27. The van der Waals surface area contributed by atoms with Crippen molar-refractivity contribution in [2.45, 2.75) is 40.2 Å². The van der Waals surface area contributed by atoms with E-state index < -0.39 is 0 Å². The van der Waals surface area contributed by atoms with E-state index in [2.05, 4.69) is 37.9 Å². The minimum atomic E-state index is 0.247. The number of hydrogen-bond acceptors (Lipinski definition) is 4. The Hall–Kier alpha value is -0.160. The standard InChI is InChI=1S/C15H34N2O2/c1-7-16-14(2)15(3,4)13-17(10-12-19-6)9-8-11-18-5/h14,16H,7-13H2,1-6H3. The first-order valence-corrected chi connectivity index (χ1v) is 7.41. The fourth-order valence-electron chi connectivity index (χ4n) is 2.22. The summed E-state index contributed by atoms with van der Waals surface area (Å²) in [6.45, 7) is 14.9. The molecule has 0 spiro atoms. The van der Waals surface area contributed by atoms with Crippen LogP contribution in [0.3, 0.4) is 0 Å². The van der Waals surface area contributed by atoms with Gasteiger partial charge in [-0.3, -0.25) is 0 Å². The number of nitrogens with zero attached hydrogens (tertiary/aromatic N) is 1. The van der Waals surface area contributed by atoms with Crippen LogP contribution in [0, 0.1) is 5.41 Å². The highest BCUT2D eigenvalue weighted by atomic mass is 16.5.